The Labute approximate surface area is 171 Å². The first-order valence-electron chi connectivity index (χ1n) is 9.26. The van der Waals surface area contributed by atoms with E-state index in [1.165, 1.54) is 19.1 Å². The number of nitrogens with one attached hydrogen (secondary N) is 1. The first-order valence-corrected chi connectivity index (χ1v) is 10.7. The highest BCUT2D eigenvalue weighted by Gasteiger charge is 2.26. The molecule has 0 bridgehead atoms. The van der Waals surface area contributed by atoms with Crippen LogP contribution in [0.15, 0.2) is 89.8 Å². The van der Waals surface area contributed by atoms with Crippen molar-refractivity contribution >= 4 is 16.0 Å². The fourth-order valence-corrected chi connectivity index (χ4v) is 4.06. The number of carbonyl (C=O) groups is 1. The Morgan fingerprint density at radius 2 is 1.31 bits per heavy atom. The molecule has 0 spiro atoms. The van der Waals surface area contributed by atoms with Crippen LogP contribution in [0, 0.1) is 6.92 Å². The molecule has 3 aromatic carbocycles. The van der Waals surface area contributed by atoms with Crippen LogP contribution in [0.2, 0.25) is 0 Å². The van der Waals surface area contributed by atoms with E-state index in [9.17, 15) is 13.2 Å². The molecule has 3 rings (SSSR count). The molecule has 0 aliphatic heterocycles. The second kappa shape index (κ2) is 9.03. The van der Waals surface area contributed by atoms with Crippen LogP contribution in [0.1, 0.15) is 29.7 Å². The largest absolute Gasteiger partial charge is 0.451 e. The molecular formula is C23H23NO4S. The molecule has 0 amide bonds. The summed E-state index contributed by atoms with van der Waals surface area (Å²) in [6, 6.07) is 24.1. The number of benzene rings is 3. The number of aryl methyl sites for hydroxylation is 1. The number of hydrogen-bond acceptors (Lipinski definition) is 4. The average molecular weight is 410 g/mol. The molecule has 0 fully saturated rings. The summed E-state index contributed by atoms with van der Waals surface area (Å²) in [5.74, 6) is -0.654. The highest BCUT2D eigenvalue weighted by molar-refractivity contribution is 7.89. The number of esters is 1. The maximum absolute atomic E-state index is 12.7. The molecule has 29 heavy (non-hydrogen) atoms. The Morgan fingerprint density at radius 1 is 0.828 bits per heavy atom. The van der Waals surface area contributed by atoms with Crippen molar-refractivity contribution in [3.63, 3.8) is 0 Å². The Balaban J connectivity index is 1.78. The predicted octanol–water partition coefficient (Wildman–Crippen LogP) is 3.99. The van der Waals surface area contributed by atoms with Crippen LogP contribution < -0.4 is 4.72 Å². The second-order valence-corrected chi connectivity index (χ2v) is 8.51. The molecule has 1 unspecified atom stereocenters. The fraction of sp³-hybridized carbons (Fsp3) is 0.174. The molecule has 6 heteroatoms. The zero-order valence-electron chi connectivity index (χ0n) is 16.3. The van der Waals surface area contributed by atoms with E-state index in [1.807, 2.05) is 67.6 Å². The van der Waals surface area contributed by atoms with Gasteiger partial charge < -0.3 is 4.74 Å². The van der Waals surface area contributed by atoms with Crippen molar-refractivity contribution in [2.75, 3.05) is 0 Å². The topological polar surface area (TPSA) is 72.5 Å². The highest BCUT2D eigenvalue weighted by atomic mass is 32.2. The molecule has 0 aliphatic rings. The standard InChI is InChI=1S/C23H23NO4S/c1-17-13-15-21(16-14-17)29(26,27)24-18(2)23(25)28-22(19-9-5-3-6-10-19)20-11-7-4-8-12-20/h3-16,18,22,24H,1-2H3. The third-order valence-corrected chi connectivity index (χ3v) is 6.01. The van der Waals surface area contributed by atoms with Crippen LogP contribution >= 0.6 is 0 Å². The Bertz CT molecular complexity index is 1010. The quantitative estimate of drug-likeness (QED) is 0.599. The van der Waals surface area contributed by atoms with E-state index in [2.05, 4.69) is 4.72 Å². The number of ether oxygens (including phenoxy) is 1. The van der Waals surface area contributed by atoms with Gasteiger partial charge in [-0.2, -0.15) is 4.72 Å². The molecule has 150 valence electrons. The van der Waals surface area contributed by atoms with E-state index in [4.69, 9.17) is 4.74 Å². The van der Waals surface area contributed by atoms with Crippen LogP contribution in [0.25, 0.3) is 0 Å². The lowest BCUT2D eigenvalue weighted by Crippen LogP contribution is -2.40. The minimum Gasteiger partial charge on any atom is -0.451 e. The van der Waals surface area contributed by atoms with E-state index in [-0.39, 0.29) is 4.90 Å². The van der Waals surface area contributed by atoms with Gasteiger partial charge in [0.2, 0.25) is 10.0 Å². The minimum atomic E-state index is -3.84. The maximum atomic E-state index is 12.7. The number of sulfonamides is 1. The van der Waals surface area contributed by atoms with Crippen LogP contribution in [0.3, 0.4) is 0 Å². The SMILES string of the molecule is Cc1ccc(S(=O)(=O)NC(C)C(=O)OC(c2ccccc2)c2ccccc2)cc1. The van der Waals surface area contributed by atoms with E-state index < -0.39 is 28.1 Å². The van der Waals surface area contributed by atoms with Crippen molar-refractivity contribution in [2.45, 2.75) is 30.9 Å². The van der Waals surface area contributed by atoms with Crippen LogP contribution in [-0.2, 0) is 19.6 Å². The smallest absolute Gasteiger partial charge is 0.324 e. The number of rotatable bonds is 7. The average Bonchev–Trinajstić information content (AvgIpc) is 2.73. The molecule has 5 nitrogen and oxygen atoms in total. The molecule has 0 radical (unpaired) electrons. The lowest BCUT2D eigenvalue weighted by Gasteiger charge is -2.21. The van der Waals surface area contributed by atoms with Crippen molar-refractivity contribution in [2.24, 2.45) is 0 Å². The summed E-state index contributed by atoms with van der Waals surface area (Å²) in [4.78, 5) is 12.8. The molecule has 1 atom stereocenters. The zero-order valence-corrected chi connectivity index (χ0v) is 17.1. The van der Waals surface area contributed by atoms with Gasteiger partial charge in [0.05, 0.1) is 4.90 Å². The van der Waals surface area contributed by atoms with Gasteiger partial charge in [-0.25, -0.2) is 8.42 Å². The fourth-order valence-electron chi connectivity index (χ4n) is 2.87. The van der Waals surface area contributed by atoms with Gasteiger partial charge in [-0.1, -0.05) is 78.4 Å². The van der Waals surface area contributed by atoms with E-state index in [1.54, 1.807) is 12.1 Å². The molecule has 0 saturated heterocycles. The van der Waals surface area contributed by atoms with Crippen molar-refractivity contribution in [3.8, 4) is 0 Å². The van der Waals surface area contributed by atoms with Crippen molar-refractivity contribution in [1.82, 2.24) is 4.72 Å². The zero-order chi connectivity index (χ0) is 20.9. The summed E-state index contributed by atoms with van der Waals surface area (Å²) >= 11 is 0. The summed E-state index contributed by atoms with van der Waals surface area (Å²) in [5.41, 5.74) is 2.56. The van der Waals surface area contributed by atoms with Gasteiger partial charge in [0.1, 0.15) is 6.04 Å². The Hall–Kier alpha value is -2.96. The van der Waals surface area contributed by atoms with Gasteiger partial charge in [0.15, 0.2) is 6.10 Å². The third-order valence-electron chi connectivity index (χ3n) is 4.46. The molecule has 3 aromatic rings. The summed E-state index contributed by atoms with van der Waals surface area (Å²) in [7, 11) is -3.84. The Kier molecular flexibility index (Phi) is 6.46. The normalized spacial score (nSPS) is 12.5. The molecule has 0 saturated carbocycles. The lowest BCUT2D eigenvalue weighted by molar-refractivity contribution is -0.149. The minimum absolute atomic E-state index is 0.102. The highest BCUT2D eigenvalue weighted by Crippen LogP contribution is 2.26. The van der Waals surface area contributed by atoms with E-state index >= 15 is 0 Å². The molecular weight excluding hydrogens is 386 g/mol. The second-order valence-electron chi connectivity index (χ2n) is 6.79. The Morgan fingerprint density at radius 3 is 1.79 bits per heavy atom. The van der Waals surface area contributed by atoms with Gasteiger partial charge in [0.25, 0.3) is 0 Å². The number of carbonyl (C=O) groups excluding carboxylic acids is 1. The van der Waals surface area contributed by atoms with Gasteiger partial charge in [-0.3, -0.25) is 4.79 Å². The predicted molar refractivity (Wildman–Crippen MR) is 112 cm³/mol. The van der Waals surface area contributed by atoms with E-state index in [0.29, 0.717) is 0 Å². The lowest BCUT2D eigenvalue weighted by atomic mass is 10.0. The molecule has 0 aliphatic carbocycles. The van der Waals surface area contributed by atoms with E-state index in [0.717, 1.165) is 16.7 Å². The first kappa shape index (κ1) is 20.8. The van der Waals surface area contributed by atoms with Gasteiger partial charge in [-0.15, -0.1) is 0 Å². The van der Waals surface area contributed by atoms with Crippen molar-refractivity contribution in [3.05, 3.63) is 102 Å². The van der Waals surface area contributed by atoms with Gasteiger partial charge in [0, 0.05) is 0 Å². The summed E-state index contributed by atoms with van der Waals surface area (Å²) in [6.07, 6.45) is -0.628. The van der Waals surface area contributed by atoms with Gasteiger partial charge >= 0.3 is 5.97 Å². The summed E-state index contributed by atoms with van der Waals surface area (Å²) in [6.45, 7) is 3.35. The van der Waals surface area contributed by atoms with Crippen LogP contribution in [0.4, 0.5) is 0 Å². The van der Waals surface area contributed by atoms with Crippen LogP contribution in [0.5, 0.6) is 0 Å². The monoisotopic (exact) mass is 409 g/mol. The summed E-state index contributed by atoms with van der Waals surface area (Å²) < 4.78 is 33.2. The molecule has 0 heterocycles. The first-order chi connectivity index (χ1) is 13.9. The van der Waals surface area contributed by atoms with Crippen molar-refractivity contribution < 1.29 is 17.9 Å². The molecule has 0 aromatic heterocycles. The number of hydrogen-bond donors (Lipinski definition) is 1. The summed E-state index contributed by atoms with van der Waals surface area (Å²) in [5, 5.41) is 0. The van der Waals surface area contributed by atoms with Crippen molar-refractivity contribution in [1.29, 1.82) is 0 Å². The maximum Gasteiger partial charge on any atom is 0.324 e. The van der Waals surface area contributed by atoms with Gasteiger partial charge in [-0.05, 0) is 37.1 Å². The third kappa shape index (κ3) is 5.31. The molecule has 1 N–H and O–H groups in total. The van der Waals surface area contributed by atoms with Crippen LogP contribution in [-0.4, -0.2) is 20.4 Å².